The van der Waals surface area contributed by atoms with E-state index in [1.54, 1.807) is 6.92 Å². The molecule has 0 spiro atoms. The summed E-state index contributed by atoms with van der Waals surface area (Å²) < 4.78 is 0. The number of aliphatic hydroxyl groups excluding tert-OH is 4. The van der Waals surface area contributed by atoms with Crippen LogP contribution in [-0.4, -0.2) is 72.0 Å². The average Bonchev–Trinajstić information content (AvgIpc) is 2.99. The number of hydrogen-bond acceptors (Lipinski definition) is 7. The minimum absolute atomic E-state index is 0.130. The zero-order chi connectivity index (χ0) is 25.4. The number of aliphatic hydroxyl groups is 6. The standard InChI is InChI=1S/C27H42O7/c1-14(2)6-7-22(32)26(5,33)21-8-9-27(34)16-11-17(28)15-10-18(29)19(30)12-24(15,3)23(16)20(31)13-25(21,27)4/h11,15,18-23,29-34H,1,6-10,12-13H2,2-5H3. The van der Waals surface area contributed by atoms with Gasteiger partial charge in [0.25, 0.3) is 0 Å². The number of hydrogen-bond donors (Lipinski definition) is 6. The molecule has 7 heteroatoms. The van der Waals surface area contributed by atoms with Crippen molar-refractivity contribution in [3.8, 4) is 0 Å². The van der Waals surface area contributed by atoms with Crippen LogP contribution in [0.2, 0.25) is 0 Å². The topological polar surface area (TPSA) is 138 Å². The Morgan fingerprint density at radius 3 is 2.47 bits per heavy atom. The van der Waals surface area contributed by atoms with Crippen molar-refractivity contribution in [3.63, 3.8) is 0 Å². The van der Waals surface area contributed by atoms with Crippen molar-refractivity contribution in [2.24, 2.45) is 28.6 Å². The van der Waals surface area contributed by atoms with E-state index in [1.807, 2.05) is 20.8 Å². The molecule has 0 aliphatic heterocycles. The molecule has 11 atom stereocenters. The van der Waals surface area contributed by atoms with Gasteiger partial charge in [-0.2, -0.15) is 0 Å². The van der Waals surface area contributed by atoms with Gasteiger partial charge in [0.05, 0.1) is 35.6 Å². The summed E-state index contributed by atoms with van der Waals surface area (Å²) in [6, 6.07) is 0. The summed E-state index contributed by atoms with van der Waals surface area (Å²) >= 11 is 0. The van der Waals surface area contributed by atoms with Crippen molar-refractivity contribution in [3.05, 3.63) is 23.8 Å². The van der Waals surface area contributed by atoms with Gasteiger partial charge in [-0.3, -0.25) is 4.79 Å². The van der Waals surface area contributed by atoms with E-state index in [0.717, 1.165) is 5.57 Å². The monoisotopic (exact) mass is 478 g/mol. The van der Waals surface area contributed by atoms with Gasteiger partial charge in [0.1, 0.15) is 0 Å². The normalized spacial score (nSPS) is 48.8. The molecule has 4 aliphatic rings. The van der Waals surface area contributed by atoms with Crippen LogP contribution in [0.5, 0.6) is 0 Å². The zero-order valence-electron chi connectivity index (χ0n) is 20.9. The lowest BCUT2D eigenvalue weighted by Crippen LogP contribution is -2.66. The molecule has 6 N–H and O–H groups in total. The summed E-state index contributed by atoms with van der Waals surface area (Å²) in [5.41, 5.74) is -3.29. The van der Waals surface area contributed by atoms with Crippen LogP contribution in [-0.2, 0) is 4.79 Å². The van der Waals surface area contributed by atoms with E-state index in [1.165, 1.54) is 6.08 Å². The maximum atomic E-state index is 13.3. The quantitative estimate of drug-likeness (QED) is 0.330. The van der Waals surface area contributed by atoms with Gasteiger partial charge in [0.15, 0.2) is 5.78 Å². The second kappa shape index (κ2) is 8.22. The number of fused-ring (bicyclic) bond motifs is 5. The second-order valence-electron chi connectivity index (χ2n) is 12.5. The van der Waals surface area contributed by atoms with E-state index >= 15 is 0 Å². The molecule has 4 rings (SSSR count). The highest BCUT2D eigenvalue weighted by atomic mass is 16.3. The smallest absolute Gasteiger partial charge is 0.159 e. The van der Waals surface area contributed by atoms with Crippen molar-refractivity contribution in [1.29, 1.82) is 0 Å². The van der Waals surface area contributed by atoms with Gasteiger partial charge in [-0.1, -0.05) is 19.4 Å². The Bertz CT molecular complexity index is 895. The average molecular weight is 479 g/mol. The summed E-state index contributed by atoms with van der Waals surface area (Å²) in [6.07, 6.45) is -0.272. The Morgan fingerprint density at radius 1 is 1.21 bits per heavy atom. The van der Waals surface area contributed by atoms with Crippen LogP contribution < -0.4 is 0 Å². The Hall–Kier alpha value is -1.09. The Morgan fingerprint density at radius 2 is 1.85 bits per heavy atom. The lowest BCUT2D eigenvalue weighted by Gasteiger charge is -2.62. The first kappa shape index (κ1) is 26.0. The largest absolute Gasteiger partial charge is 0.392 e. The van der Waals surface area contributed by atoms with Gasteiger partial charge in [-0.15, -0.1) is 6.58 Å². The molecule has 0 amide bonds. The van der Waals surface area contributed by atoms with Gasteiger partial charge < -0.3 is 30.6 Å². The number of allylic oxidation sites excluding steroid dienone is 2. The lowest BCUT2D eigenvalue weighted by molar-refractivity contribution is -0.196. The van der Waals surface area contributed by atoms with Crippen LogP contribution in [0.15, 0.2) is 23.8 Å². The highest BCUT2D eigenvalue weighted by Crippen LogP contribution is 2.68. The van der Waals surface area contributed by atoms with E-state index in [0.29, 0.717) is 31.3 Å². The molecule has 0 heterocycles. The van der Waals surface area contributed by atoms with Crippen molar-refractivity contribution < 1.29 is 35.4 Å². The van der Waals surface area contributed by atoms with Crippen molar-refractivity contribution >= 4 is 5.78 Å². The molecule has 0 aromatic heterocycles. The van der Waals surface area contributed by atoms with E-state index in [2.05, 4.69) is 6.58 Å². The summed E-state index contributed by atoms with van der Waals surface area (Å²) in [7, 11) is 0. The molecular weight excluding hydrogens is 436 g/mol. The molecule has 0 radical (unpaired) electrons. The fraction of sp³-hybridized carbons (Fsp3) is 0.815. The fourth-order valence-corrected chi connectivity index (χ4v) is 8.33. The molecule has 0 aromatic rings. The van der Waals surface area contributed by atoms with Crippen LogP contribution in [0.3, 0.4) is 0 Å². The predicted molar refractivity (Wildman–Crippen MR) is 127 cm³/mol. The Kier molecular flexibility index (Phi) is 6.28. The third kappa shape index (κ3) is 3.50. The molecule has 0 bridgehead atoms. The third-order valence-corrected chi connectivity index (χ3v) is 10.3. The van der Waals surface area contributed by atoms with Crippen LogP contribution >= 0.6 is 0 Å². The summed E-state index contributed by atoms with van der Waals surface area (Å²) in [4.78, 5) is 13.3. The predicted octanol–water partition coefficient (Wildman–Crippen LogP) is 1.63. The molecule has 7 nitrogen and oxygen atoms in total. The summed E-state index contributed by atoms with van der Waals surface area (Å²) in [6.45, 7) is 11.1. The van der Waals surface area contributed by atoms with E-state index in [-0.39, 0.29) is 25.0 Å². The van der Waals surface area contributed by atoms with Crippen LogP contribution in [0.1, 0.15) is 72.6 Å². The minimum atomic E-state index is -1.50. The highest BCUT2D eigenvalue weighted by Gasteiger charge is 2.71. The second-order valence-corrected chi connectivity index (χ2v) is 12.5. The van der Waals surface area contributed by atoms with Crippen LogP contribution in [0, 0.1) is 28.6 Å². The number of carbonyl (C=O) groups is 1. The lowest BCUT2D eigenvalue weighted by atomic mass is 9.45. The highest BCUT2D eigenvalue weighted by molar-refractivity contribution is 5.95. The zero-order valence-corrected chi connectivity index (χ0v) is 20.9. The van der Waals surface area contributed by atoms with E-state index in [9.17, 15) is 35.4 Å². The Labute approximate surface area is 202 Å². The minimum Gasteiger partial charge on any atom is -0.392 e. The first-order chi connectivity index (χ1) is 15.6. The van der Waals surface area contributed by atoms with E-state index in [4.69, 9.17) is 0 Å². The maximum Gasteiger partial charge on any atom is 0.159 e. The SMILES string of the molecule is C=C(C)CCC(O)C(C)(O)C1CCC2(O)C3=CC(=O)C4CC(O)C(O)CC4(C)C3C(O)CC12C. The molecule has 11 unspecified atom stereocenters. The molecule has 3 fully saturated rings. The summed E-state index contributed by atoms with van der Waals surface area (Å²) in [5, 5.41) is 66.8. The van der Waals surface area contributed by atoms with Gasteiger partial charge >= 0.3 is 0 Å². The molecular formula is C27H42O7. The van der Waals surface area contributed by atoms with Crippen LogP contribution in [0.25, 0.3) is 0 Å². The molecule has 0 aromatic carbocycles. The molecule has 34 heavy (non-hydrogen) atoms. The summed E-state index contributed by atoms with van der Waals surface area (Å²) in [5.74, 6) is -1.76. The first-order valence-corrected chi connectivity index (χ1v) is 12.7. The molecule has 192 valence electrons. The van der Waals surface area contributed by atoms with E-state index < -0.39 is 64.2 Å². The van der Waals surface area contributed by atoms with Crippen molar-refractivity contribution in [1.82, 2.24) is 0 Å². The number of ketones is 1. The van der Waals surface area contributed by atoms with Crippen molar-refractivity contribution in [2.75, 3.05) is 0 Å². The maximum absolute atomic E-state index is 13.3. The van der Waals surface area contributed by atoms with Crippen molar-refractivity contribution in [2.45, 2.75) is 108 Å². The van der Waals surface area contributed by atoms with Gasteiger partial charge in [0.2, 0.25) is 0 Å². The fourth-order valence-electron chi connectivity index (χ4n) is 8.33. The van der Waals surface area contributed by atoms with Gasteiger partial charge in [-0.05, 0) is 81.8 Å². The molecule has 0 saturated heterocycles. The van der Waals surface area contributed by atoms with Crippen LogP contribution in [0.4, 0.5) is 0 Å². The third-order valence-electron chi connectivity index (χ3n) is 10.3. The van der Waals surface area contributed by atoms with Gasteiger partial charge in [0, 0.05) is 17.3 Å². The molecule has 3 saturated carbocycles. The van der Waals surface area contributed by atoms with Gasteiger partial charge in [-0.25, -0.2) is 0 Å². The number of carbonyl (C=O) groups excluding carboxylic acids is 1. The molecule has 4 aliphatic carbocycles. The Balaban J connectivity index is 1.73. The number of rotatable bonds is 5. The first-order valence-electron chi connectivity index (χ1n) is 12.7.